The molecule has 164 valence electrons. The number of para-hydroxylation sites is 1. The third kappa shape index (κ3) is 5.20. The van der Waals surface area contributed by atoms with Gasteiger partial charge in [0.25, 0.3) is 0 Å². The van der Waals surface area contributed by atoms with E-state index in [4.69, 9.17) is 8.94 Å². The molecule has 2 N–H and O–H groups in total. The first-order chi connectivity index (χ1) is 15.5. The van der Waals surface area contributed by atoms with Gasteiger partial charge in [0, 0.05) is 11.5 Å². The van der Waals surface area contributed by atoms with Crippen molar-refractivity contribution in [1.29, 1.82) is 0 Å². The van der Waals surface area contributed by atoms with Gasteiger partial charge >= 0.3 is 0 Å². The maximum atomic E-state index is 12.8. The molecule has 0 radical (unpaired) electrons. The first kappa shape index (κ1) is 21.7. The zero-order valence-electron chi connectivity index (χ0n) is 17.7. The second-order valence-corrected chi connectivity index (χ2v) is 8.69. The van der Waals surface area contributed by atoms with Gasteiger partial charge in [-0.3, -0.25) is 9.59 Å². The maximum Gasteiger partial charge on any atom is 0.238 e. The fourth-order valence-corrected chi connectivity index (χ4v) is 3.94. The molecule has 0 fully saturated rings. The van der Waals surface area contributed by atoms with Crippen molar-refractivity contribution in [3.8, 4) is 0 Å². The number of carbonyl (C=O) groups excluding carboxylic acids is 2. The zero-order chi connectivity index (χ0) is 22.5. The fraction of sp³-hybridized carbons (Fsp3) is 0.208. The van der Waals surface area contributed by atoms with Crippen molar-refractivity contribution in [2.24, 2.45) is 0 Å². The van der Waals surface area contributed by atoms with Crippen molar-refractivity contribution in [3.63, 3.8) is 0 Å². The van der Waals surface area contributed by atoms with E-state index in [-0.39, 0.29) is 17.6 Å². The van der Waals surface area contributed by atoms with Gasteiger partial charge in [0.2, 0.25) is 11.8 Å². The van der Waals surface area contributed by atoms with E-state index in [1.807, 2.05) is 60.7 Å². The predicted octanol–water partition coefficient (Wildman–Crippen LogP) is 4.70. The highest BCUT2D eigenvalue weighted by Crippen LogP contribution is 2.28. The number of aromatic nitrogens is 1. The quantitative estimate of drug-likeness (QED) is 0.405. The first-order valence-corrected chi connectivity index (χ1v) is 11.2. The van der Waals surface area contributed by atoms with Crippen LogP contribution in [-0.2, 0) is 9.59 Å². The second kappa shape index (κ2) is 9.74. The van der Waals surface area contributed by atoms with Gasteiger partial charge < -0.3 is 19.6 Å². The zero-order valence-corrected chi connectivity index (χ0v) is 18.5. The Morgan fingerprint density at radius 1 is 1.06 bits per heavy atom. The Morgan fingerprint density at radius 3 is 2.53 bits per heavy atom. The highest BCUT2D eigenvalue weighted by Gasteiger charge is 2.22. The van der Waals surface area contributed by atoms with Crippen molar-refractivity contribution in [2.45, 2.75) is 25.1 Å². The summed E-state index contributed by atoms with van der Waals surface area (Å²) >= 11 is 1.24. The molecule has 0 spiro atoms. The number of benzene rings is 2. The lowest BCUT2D eigenvalue weighted by Crippen LogP contribution is -2.32. The highest BCUT2D eigenvalue weighted by atomic mass is 32.2. The lowest BCUT2D eigenvalue weighted by Gasteiger charge is -2.18. The molecule has 2 aromatic heterocycles. The van der Waals surface area contributed by atoms with Crippen LogP contribution in [0, 0.1) is 6.92 Å². The number of furan rings is 1. The average Bonchev–Trinajstić information content (AvgIpc) is 3.42. The van der Waals surface area contributed by atoms with Gasteiger partial charge in [-0.2, -0.15) is 0 Å². The van der Waals surface area contributed by atoms with E-state index in [1.54, 1.807) is 19.9 Å². The lowest BCUT2D eigenvalue weighted by molar-refractivity contribution is -0.119. The summed E-state index contributed by atoms with van der Waals surface area (Å²) in [6, 6.07) is 20.5. The van der Waals surface area contributed by atoms with Gasteiger partial charge in [0.05, 0.1) is 11.0 Å². The number of hydrogen-bond donors (Lipinski definition) is 2. The average molecular weight is 450 g/mol. The number of amides is 2. The molecule has 2 atom stereocenters. The van der Waals surface area contributed by atoms with Crippen LogP contribution in [0.3, 0.4) is 0 Å². The van der Waals surface area contributed by atoms with E-state index in [2.05, 4.69) is 15.8 Å². The van der Waals surface area contributed by atoms with Crippen LogP contribution in [0.15, 0.2) is 75.7 Å². The van der Waals surface area contributed by atoms with Crippen LogP contribution in [0.5, 0.6) is 0 Å². The van der Waals surface area contributed by atoms with Crippen LogP contribution in [0.25, 0.3) is 11.0 Å². The minimum absolute atomic E-state index is 0.121. The van der Waals surface area contributed by atoms with Crippen molar-refractivity contribution in [3.05, 3.63) is 83.8 Å². The largest absolute Gasteiger partial charge is 0.459 e. The molecule has 0 bridgehead atoms. The van der Waals surface area contributed by atoms with E-state index in [1.165, 1.54) is 11.8 Å². The van der Waals surface area contributed by atoms with Gasteiger partial charge in [-0.25, -0.2) is 0 Å². The Labute approximate surface area is 189 Å². The van der Waals surface area contributed by atoms with Gasteiger partial charge in [-0.05, 0) is 31.5 Å². The molecule has 8 heteroatoms. The number of aryl methyl sites for hydroxylation is 1. The molecule has 2 aromatic carbocycles. The summed E-state index contributed by atoms with van der Waals surface area (Å²) in [4.78, 5) is 25.1. The smallest absolute Gasteiger partial charge is 0.238 e. The van der Waals surface area contributed by atoms with Crippen molar-refractivity contribution < 1.29 is 18.5 Å². The van der Waals surface area contributed by atoms with E-state index in [0.717, 1.165) is 16.5 Å². The Morgan fingerprint density at radius 2 is 1.81 bits per heavy atom. The molecule has 0 saturated carbocycles. The van der Waals surface area contributed by atoms with E-state index in [9.17, 15) is 9.59 Å². The molecule has 7 nitrogen and oxygen atoms in total. The second-order valence-electron chi connectivity index (χ2n) is 7.36. The van der Waals surface area contributed by atoms with Crippen LogP contribution in [-0.4, -0.2) is 28.0 Å². The molecule has 0 aliphatic rings. The van der Waals surface area contributed by atoms with Crippen molar-refractivity contribution in [2.75, 3.05) is 11.1 Å². The van der Waals surface area contributed by atoms with Gasteiger partial charge in [0.1, 0.15) is 23.1 Å². The number of thioether (sulfide) groups is 1. The molecule has 32 heavy (non-hydrogen) atoms. The normalized spacial score (nSPS) is 12.9. The summed E-state index contributed by atoms with van der Waals surface area (Å²) in [6.45, 7) is 3.49. The summed E-state index contributed by atoms with van der Waals surface area (Å²) < 4.78 is 11.0. The molecular formula is C24H23N3O4S. The molecule has 0 saturated heterocycles. The third-order valence-corrected chi connectivity index (χ3v) is 6.02. The standard InChI is InChI=1S/C24H23N3O4S/c1-15-12-21(27-31-15)25-24(29)16(2)32-14-22(28)26-23(17-8-4-3-5-9-17)20-13-18-10-6-7-11-19(18)30-20/h3-13,16,23H,14H2,1-2H3,(H,26,28)(H,25,27,29)/t16-,23+/m0/s1. The molecular weight excluding hydrogens is 426 g/mol. The monoisotopic (exact) mass is 449 g/mol. The SMILES string of the molecule is Cc1cc(NC(=O)[C@H](C)SCC(=O)N[C@H](c2ccccc2)c2cc3ccccc3o2)no1. The number of fused-ring (bicyclic) bond motifs is 1. The number of carbonyl (C=O) groups is 2. The Balaban J connectivity index is 1.41. The van der Waals surface area contributed by atoms with Gasteiger partial charge in [-0.15, -0.1) is 11.8 Å². The predicted molar refractivity (Wildman–Crippen MR) is 124 cm³/mol. The molecule has 2 amide bonds. The van der Waals surface area contributed by atoms with Crippen LogP contribution in [0.2, 0.25) is 0 Å². The summed E-state index contributed by atoms with van der Waals surface area (Å²) in [5.74, 6) is 1.31. The summed E-state index contributed by atoms with van der Waals surface area (Å²) in [5.41, 5.74) is 1.68. The molecule has 0 aliphatic carbocycles. The number of anilines is 1. The van der Waals surface area contributed by atoms with E-state index in [0.29, 0.717) is 17.3 Å². The Hall–Kier alpha value is -3.52. The number of nitrogens with zero attached hydrogens (tertiary/aromatic N) is 1. The number of hydrogen-bond acceptors (Lipinski definition) is 6. The van der Waals surface area contributed by atoms with Gasteiger partial charge in [0.15, 0.2) is 5.82 Å². The van der Waals surface area contributed by atoms with Crippen LogP contribution >= 0.6 is 11.8 Å². The topological polar surface area (TPSA) is 97.4 Å². The van der Waals surface area contributed by atoms with Crippen LogP contribution < -0.4 is 10.6 Å². The Kier molecular flexibility index (Phi) is 6.61. The maximum absolute atomic E-state index is 12.8. The Bertz CT molecular complexity index is 1190. The minimum Gasteiger partial charge on any atom is -0.459 e. The lowest BCUT2D eigenvalue weighted by atomic mass is 10.0. The molecule has 4 rings (SSSR count). The van der Waals surface area contributed by atoms with Gasteiger partial charge in [-0.1, -0.05) is 53.7 Å². The van der Waals surface area contributed by atoms with E-state index >= 15 is 0 Å². The van der Waals surface area contributed by atoms with Crippen molar-refractivity contribution in [1.82, 2.24) is 10.5 Å². The molecule has 0 aliphatic heterocycles. The number of nitrogens with one attached hydrogen (secondary N) is 2. The fourth-order valence-electron chi connectivity index (χ4n) is 3.24. The highest BCUT2D eigenvalue weighted by molar-refractivity contribution is 8.01. The number of rotatable bonds is 8. The molecule has 2 heterocycles. The molecule has 0 unspecified atom stereocenters. The minimum atomic E-state index is -0.445. The summed E-state index contributed by atoms with van der Waals surface area (Å²) in [7, 11) is 0. The van der Waals surface area contributed by atoms with E-state index < -0.39 is 11.3 Å². The van der Waals surface area contributed by atoms with Crippen molar-refractivity contribution >= 4 is 40.4 Å². The summed E-state index contributed by atoms with van der Waals surface area (Å²) in [5, 5.41) is 10.0. The van der Waals surface area contributed by atoms with Crippen LogP contribution in [0.4, 0.5) is 5.82 Å². The summed E-state index contributed by atoms with van der Waals surface area (Å²) in [6.07, 6.45) is 0. The molecule has 4 aromatic rings. The first-order valence-electron chi connectivity index (χ1n) is 10.2. The van der Waals surface area contributed by atoms with Crippen LogP contribution in [0.1, 0.15) is 30.0 Å². The third-order valence-electron chi connectivity index (χ3n) is 4.88.